The predicted molar refractivity (Wildman–Crippen MR) is 147 cm³/mol. The quantitative estimate of drug-likeness (QED) is 0.150. The van der Waals surface area contributed by atoms with Crippen molar-refractivity contribution >= 4 is 29.9 Å². The zero-order valence-corrected chi connectivity index (χ0v) is 23.1. The Hall–Kier alpha value is -2.78. The lowest BCUT2D eigenvalue weighted by Crippen LogP contribution is -2.43. The molecule has 2 heterocycles. The number of benzene rings is 1. The van der Waals surface area contributed by atoms with Crippen molar-refractivity contribution in [2.45, 2.75) is 75.4 Å². The van der Waals surface area contributed by atoms with Gasteiger partial charge in [0, 0.05) is 43.0 Å². The molecule has 1 amide bonds. The number of rotatable bonds is 11. The van der Waals surface area contributed by atoms with Gasteiger partial charge in [0.1, 0.15) is 0 Å². The molecule has 1 fully saturated rings. The highest BCUT2D eigenvalue weighted by Gasteiger charge is 2.28. The Labute approximate surface area is 229 Å². The Bertz CT molecular complexity index is 1090. The summed E-state index contributed by atoms with van der Waals surface area (Å²) in [6.07, 6.45) is 10.4. The van der Waals surface area contributed by atoms with Crippen molar-refractivity contribution in [3.05, 3.63) is 53.3 Å². The van der Waals surface area contributed by atoms with Crippen LogP contribution in [0.1, 0.15) is 67.4 Å². The third-order valence-corrected chi connectivity index (χ3v) is 8.57. The van der Waals surface area contributed by atoms with Crippen molar-refractivity contribution in [3.8, 4) is 0 Å². The number of ether oxygens (including phenoxy) is 1. The highest BCUT2D eigenvalue weighted by Crippen LogP contribution is 2.29. The number of hydrogen-bond donors (Lipinski definition) is 1. The highest BCUT2D eigenvalue weighted by atomic mass is 32.2. The summed E-state index contributed by atoms with van der Waals surface area (Å²) in [5, 5.41) is 3.44. The fraction of sp³-hybridized carbons (Fsp3) is 0.552. The molecule has 2 aliphatic rings. The minimum atomic E-state index is -1.00. The Morgan fingerprint density at radius 3 is 2.50 bits per heavy atom. The smallest absolute Gasteiger partial charge is 0.294 e. The van der Waals surface area contributed by atoms with Gasteiger partial charge < -0.3 is 15.0 Å². The number of Topliss-reactive ketones (excluding diaryl/α,β-unsaturated/α-hetero) is 1. The molecule has 4 rings (SSSR count). The van der Waals surface area contributed by atoms with Crippen LogP contribution in [0.25, 0.3) is 0 Å². The van der Waals surface area contributed by atoms with E-state index in [2.05, 4.69) is 32.3 Å². The van der Waals surface area contributed by atoms with Gasteiger partial charge in [0.15, 0.2) is 10.9 Å². The fourth-order valence-electron chi connectivity index (χ4n) is 5.35. The van der Waals surface area contributed by atoms with Crippen molar-refractivity contribution in [1.82, 2.24) is 20.2 Å². The van der Waals surface area contributed by atoms with Gasteiger partial charge in [-0.25, -0.2) is 9.97 Å². The molecule has 1 aliphatic heterocycles. The number of carbonyl (C=O) groups excluding carboxylic acids is 3. The lowest BCUT2D eigenvalue weighted by Gasteiger charge is -2.31. The second kappa shape index (κ2) is 13.8. The van der Waals surface area contributed by atoms with Gasteiger partial charge in [0.25, 0.3) is 12.4 Å². The summed E-state index contributed by atoms with van der Waals surface area (Å²) in [7, 11) is 0. The van der Waals surface area contributed by atoms with Gasteiger partial charge in [-0.05, 0) is 92.4 Å². The molecule has 1 aliphatic carbocycles. The maximum Gasteiger partial charge on any atom is 0.294 e. The molecular formula is C29H38N4O4S. The monoisotopic (exact) mass is 538 g/mol. The van der Waals surface area contributed by atoms with E-state index < -0.39 is 5.44 Å². The Morgan fingerprint density at radius 1 is 1.11 bits per heavy atom. The van der Waals surface area contributed by atoms with Gasteiger partial charge in [-0.1, -0.05) is 26.0 Å². The molecule has 1 saturated carbocycles. The van der Waals surface area contributed by atoms with E-state index in [4.69, 9.17) is 4.74 Å². The van der Waals surface area contributed by atoms with E-state index in [0.29, 0.717) is 17.5 Å². The van der Waals surface area contributed by atoms with E-state index in [0.717, 1.165) is 81.9 Å². The molecular weight excluding hydrogens is 500 g/mol. The second-order valence-electron chi connectivity index (χ2n) is 10.6. The van der Waals surface area contributed by atoms with Crippen LogP contribution in [0.3, 0.4) is 0 Å². The molecule has 8 nitrogen and oxygen atoms in total. The average molecular weight is 539 g/mol. The summed E-state index contributed by atoms with van der Waals surface area (Å²) < 4.78 is 5.01. The van der Waals surface area contributed by atoms with E-state index >= 15 is 0 Å². The summed E-state index contributed by atoms with van der Waals surface area (Å²) in [4.78, 5) is 46.8. The van der Waals surface area contributed by atoms with E-state index in [1.165, 1.54) is 11.1 Å². The van der Waals surface area contributed by atoms with Crippen LogP contribution in [0.15, 0.2) is 41.8 Å². The minimum Gasteiger partial charge on any atom is -0.443 e. The van der Waals surface area contributed by atoms with E-state index in [1.54, 1.807) is 18.5 Å². The van der Waals surface area contributed by atoms with E-state index in [-0.39, 0.29) is 23.7 Å². The van der Waals surface area contributed by atoms with Gasteiger partial charge in [-0.3, -0.25) is 14.4 Å². The zero-order valence-electron chi connectivity index (χ0n) is 22.3. The lowest BCUT2D eigenvalue weighted by molar-refractivity contribution is -0.140. The van der Waals surface area contributed by atoms with Crippen molar-refractivity contribution in [3.63, 3.8) is 0 Å². The number of nitrogens with one attached hydrogen (secondary N) is 1. The minimum absolute atomic E-state index is 0.0209. The van der Waals surface area contributed by atoms with Crippen LogP contribution in [0.4, 0.5) is 0 Å². The highest BCUT2D eigenvalue weighted by molar-refractivity contribution is 8.00. The summed E-state index contributed by atoms with van der Waals surface area (Å²) in [5.74, 6) is 0.572. The lowest BCUT2D eigenvalue weighted by atomic mass is 9.84. The molecule has 0 radical (unpaired) electrons. The van der Waals surface area contributed by atoms with Gasteiger partial charge in [-0.15, -0.1) is 0 Å². The second-order valence-corrected chi connectivity index (χ2v) is 11.6. The predicted octanol–water partition coefficient (Wildman–Crippen LogP) is 4.07. The molecule has 204 valence electrons. The largest absolute Gasteiger partial charge is 0.443 e. The summed E-state index contributed by atoms with van der Waals surface area (Å²) in [6.45, 7) is 7.36. The van der Waals surface area contributed by atoms with Crippen molar-refractivity contribution in [2.75, 3.05) is 19.6 Å². The number of amides is 1. The molecule has 1 unspecified atom stereocenters. The van der Waals surface area contributed by atoms with Crippen LogP contribution in [-0.4, -0.2) is 64.1 Å². The zero-order chi connectivity index (χ0) is 26.9. The Balaban J connectivity index is 1.19. The number of fused-ring (bicyclic) bond motifs is 1. The van der Waals surface area contributed by atoms with Gasteiger partial charge >= 0.3 is 0 Å². The number of ketones is 1. The number of nitrogens with zero attached hydrogens (tertiary/aromatic N) is 3. The first-order chi connectivity index (χ1) is 18.4. The first kappa shape index (κ1) is 28.2. The number of aromatic nitrogens is 2. The van der Waals surface area contributed by atoms with Crippen LogP contribution in [-0.2, 0) is 27.2 Å². The third-order valence-electron chi connectivity index (χ3n) is 7.60. The summed E-state index contributed by atoms with van der Waals surface area (Å²) in [5.41, 5.74) is 2.54. The molecule has 0 bridgehead atoms. The molecule has 2 aromatic rings. The molecule has 38 heavy (non-hydrogen) atoms. The topological polar surface area (TPSA) is 101 Å². The maximum atomic E-state index is 12.7. The van der Waals surface area contributed by atoms with Crippen LogP contribution in [0.5, 0.6) is 0 Å². The van der Waals surface area contributed by atoms with Gasteiger partial charge in [0.2, 0.25) is 5.44 Å². The Kier molecular flexibility index (Phi) is 10.3. The first-order valence-electron chi connectivity index (χ1n) is 13.6. The van der Waals surface area contributed by atoms with Crippen LogP contribution in [0.2, 0.25) is 0 Å². The number of carbonyl (C=O) groups is 3. The molecule has 0 saturated heterocycles. The average Bonchev–Trinajstić information content (AvgIpc) is 3.14. The van der Waals surface area contributed by atoms with E-state index in [9.17, 15) is 14.4 Å². The standard InChI is InChI=1S/C29H38N4O4S/c1-20(2)26(35)24-7-6-22-11-16-33(17-12-23(22)18-24)15-10-21-4-8-25(9-5-21)32-27(36)28(37-19-34)38-29-30-13-3-14-31-29/h3,6-7,13-14,18-21,25,28H,4-5,8-12,15-17H2,1-2H3,(H,32,36). The van der Waals surface area contributed by atoms with Crippen LogP contribution < -0.4 is 5.32 Å². The van der Waals surface area contributed by atoms with Crippen molar-refractivity contribution in [1.29, 1.82) is 0 Å². The van der Waals surface area contributed by atoms with Crippen molar-refractivity contribution < 1.29 is 19.1 Å². The SMILES string of the molecule is CC(C)C(=O)c1ccc2c(c1)CCN(CCC1CCC(NC(=O)C(OC=O)Sc3ncccn3)CC1)CC2. The summed E-state index contributed by atoms with van der Waals surface area (Å²) >= 11 is 1.02. The molecule has 0 spiro atoms. The van der Waals surface area contributed by atoms with Gasteiger partial charge in [0.05, 0.1) is 0 Å². The normalized spacial score (nSPS) is 20.7. The summed E-state index contributed by atoms with van der Waals surface area (Å²) in [6, 6.07) is 8.04. The number of hydrogen-bond acceptors (Lipinski definition) is 8. The maximum absolute atomic E-state index is 12.7. The number of thioether (sulfide) groups is 1. The molecule has 1 atom stereocenters. The molecule has 1 N–H and O–H groups in total. The Morgan fingerprint density at radius 2 is 1.82 bits per heavy atom. The fourth-order valence-corrected chi connectivity index (χ4v) is 6.06. The van der Waals surface area contributed by atoms with Crippen molar-refractivity contribution in [2.24, 2.45) is 11.8 Å². The molecule has 9 heteroatoms. The first-order valence-corrected chi connectivity index (χ1v) is 14.5. The van der Waals surface area contributed by atoms with E-state index in [1.807, 2.05) is 19.9 Å². The molecule has 1 aromatic carbocycles. The third kappa shape index (κ3) is 7.86. The molecule has 1 aromatic heterocycles. The van der Waals surface area contributed by atoms with Gasteiger partial charge in [-0.2, -0.15) is 0 Å². The van der Waals surface area contributed by atoms with Crippen LogP contribution in [0, 0.1) is 11.8 Å². The van der Waals surface area contributed by atoms with Crippen LogP contribution >= 0.6 is 11.8 Å².